The summed E-state index contributed by atoms with van der Waals surface area (Å²) in [7, 11) is 0. The summed E-state index contributed by atoms with van der Waals surface area (Å²) in [6, 6.07) is 12.4. The lowest BCUT2D eigenvalue weighted by molar-refractivity contribution is 0.0963. The highest BCUT2D eigenvalue weighted by Gasteiger charge is 2.29. The van der Waals surface area contributed by atoms with E-state index in [1.54, 1.807) is 23.5 Å². The summed E-state index contributed by atoms with van der Waals surface area (Å²) in [5.41, 5.74) is 4.22. The molecule has 2 amide bonds. The molecule has 2 aromatic rings. The number of carbonyl (C=O) groups is 2. The van der Waals surface area contributed by atoms with Crippen molar-refractivity contribution in [2.75, 3.05) is 64.0 Å². The molecule has 10 N–H and O–H groups in total. The lowest BCUT2D eigenvalue weighted by Gasteiger charge is -2.34. The van der Waals surface area contributed by atoms with E-state index in [0.29, 0.717) is 72.9 Å². The van der Waals surface area contributed by atoms with Crippen molar-refractivity contribution in [3.63, 3.8) is 0 Å². The molecule has 0 unspecified atom stereocenters. The lowest BCUT2D eigenvalue weighted by atomic mass is 9.89. The van der Waals surface area contributed by atoms with Crippen LogP contribution >= 0.6 is 23.5 Å². The Morgan fingerprint density at radius 2 is 0.706 bits per heavy atom. The van der Waals surface area contributed by atoms with E-state index in [1.165, 1.54) is 103 Å². The Kier molecular flexibility index (Phi) is 21.5. The molecule has 378 valence electrons. The van der Waals surface area contributed by atoms with Gasteiger partial charge in [-0.1, -0.05) is 51.4 Å². The van der Waals surface area contributed by atoms with Gasteiger partial charge in [-0.3, -0.25) is 9.97 Å². The summed E-state index contributed by atoms with van der Waals surface area (Å²) in [4.78, 5) is 37.5. The van der Waals surface area contributed by atoms with Gasteiger partial charge in [-0.2, -0.15) is 0 Å². The summed E-state index contributed by atoms with van der Waals surface area (Å²) in [6.07, 6.45) is 18.7. The second-order valence-electron chi connectivity index (χ2n) is 19.7. The van der Waals surface area contributed by atoms with Crippen LogP contribution in [0.2, 0.25) is 0 Å². The molecule has 4 saturated carbocycles. The van der Waals surface area contributed by atoms with Crippen LogP contribution in [-0.2, 0) is 35.7 Å². The maximum Gasteiger partial charge on any atom is 0.407 e. The second-order valence-corrected chi connectivity index (χ2v) is 22.1. The summed E-state index contributed by atoms with van der Waals surface area (Å²) >= 11 is 3.42. The van der Waals surface area contributed by atoms with Crippen molar-refractivity contribution in [1.29, 1.82) is 0 Å². The first-order valence-corrected chi connectivity index (χ1v) is 28.4. The Morgan fingerprint density at radius 1 is 0.441 bits per heavy atom. The van der Waals surface area contributed by atoms with Gasteiger partial charge < -0.3 is 62.6 Å². The molecule has 8 atom stereocenters. The molecule has 0 spiro atoms. The third-order valence-electron chi connectivity index (χ3n) is 14.8. The molecule has 2 aromatic heterocycles. The van der Waals surface area contributed by atoms with Crippen LogP contribution < -0.4 is 53.2 Å². The van der Waals surface area contributed by atoms with Gasteiger partial charge in [0.15, 0.2) is 0 Å². The first kappa shape index (κ1) is 51.6. The van der Waals surface area contributed by atoms with E-state index in [0.717, 1.165) is 84.9 Å². The maximum atomic E-state index is 12.5. The van der Waals surface area contributed by atoms with Crippen LogP contribution in [0.1, 0.15) is 126 Å². The van der Waals surface area contributed by atoms with E-state index in [4.69, 9.17) is 19.4 Å². The van der Waals surface area contributed by atoms with Crippen LogP contribution in [0.15, 0.2) is 34.1 Å². The van der Waals surface area contributed by atoms with Crippen LogP contribution in [0.3, 0.4) is 0 Å². The van der Waals surface area contributed by atoms with Crippen LogP contribution in [0.25, 0.3) is 0 Å². The minimum Gasteiger partial charge on any atom is -0.446 e. The zero-order valence-electron chi connectivity index (χ0n) is 40.5. The highest BCUT2D eigenvalue weighted by atomic mass is 32.2. The molecule has 6 aliphatic rings. The molecule has 16 nitrogen and oxygen atoms in total. The first-order valence-electron chi connectivity index (χ1n) is 26.4. The van der Waals surface area contributed by atoms with Gasteiger partial charge in [0.25, 0.3) is 0 Å². The normalized spacial score (nSPS) is 28.8. The molecule has 8 rings (SSSR count). The molecular weight excluding hydrogens is 897 g/mol. The van der Waals surface area contributed by atoms with E-state index in [9.17, 15) is 9.59 Å². The number of rotatable bonds is 11. The topological polar surface area (TPSA) is 199 Å². The Morgan fingerprint density at radius 3 is 0.985 bits per heavy atom. The smallest absolute Gasteiger partial charge is 0.407 e. The van der Waals surface area contributed by atoms with E-state index >= 15 is 0 Å². The molecule has 4 bridgehead atoms. The second kappa shape index (κ2) is 28.3. The summed E-state index contributed by atoms with van der Waals surface area (Å²) in [5.74, 6) is 1.37. The zero-order valence-corrected chi connectivity index (χ0v) is 42.1. The summed E-state index contributed by atoms with van der Waals surface area (Å²) < 4.78 is 10.6. The lowest BCUT2D eigenvalue weighted by Crippen LogP contribution is -2.53. The van der Waals surface area contributed by atoms with Crippen molar-refractivity contribution in [3.8, 4) is 0 Å². The van der Waals surface area contributed by atoms with Gasteiger partial charge in [-0.15, -0.1) is 23.5 Å². The fourth-order valence-electron chi connectivity index (χ4n) is 11.2. The number of ether oxygens (including phenoxy) is 2. The molecule has 18 heteroatoms. The summed E-state index contributed by atoms with van der Waals surface area (Å²) in [6.45, 7) is 7.78. The van der Waals surface area contributed by atoms with Crippen molar-refractivity contribution in [3.05, 3.63) is 47.0 Å². The number of hydrogen-bond acceptors (Lipinski definition) is 16. The fraction of sp³-hybridized carbons (Fsp3) is 0.760. The Bertz CT molecular complexity index is 1630. The molecule has 2 aliphatic heterocycles. The van der Waals surface area contributed by atoms with Gasteiger partial charge >= 0.3 is 12.2 Å². The van der Waals surface area contributed by atoms with Crippen LogP contribution in [0.4, 0.5) is 9.59 Å². The van der Waals surface area contributed by atoms with Gasteiger partial charge in [-0.25, -0.2) is 9.59 Å². The van der Waals surface area contributed by atoms with Crippen molar-refractivity contribution in [2.24, 2.45) is 0 Å². The Labute approximate surface area is 414 Å². The predicted molar refractivity (Wildman–Crippen MR) is 272 cm³/mol. The molecule has 0 aromatic carbocycles. The Hall–Kier alpha value is -2.78. The van der Waals surface area contributed by atoms with Crippen LogP contribution in [0.5, 0.6) is 0 Å². The zero-order chi connectivity index (χ0) is 46.6. The number of thioether (sulfide) groups is 2. The van der Waals surface area contributed by atoms with Gasteiger partial charge in [0.2, 0.25) is 0 Å². The number of nitrogens with zero attached hydrogens (tertiary/aromatic N) is 2. The van der Waals surface area contributed by atoms with Crippen molar-refractivity contribution < 1.29 is 19.1 Å². The van der Waals surface area contributed by atoms with E-state index < -0.39 is 12.2 Å². The number of nitrogens with one attached hydrogen (secondary N) is 10. The van der Waals surface area contributed by atoms with E-state index in [1.807, 2.05) is 0 Å². The molecule has 0 radical (unpaired) electrons. The molecule has 4 heterocycles. The highest BCUT2D eigenvalue weighted by Crippen LogP contribution is 2.26. The maximum absolute atomic E-state index is 12.5. The SMILES string of the molecule is O=C(NCCSc1cc2nc(c1)CN[C@@H]1CCCC[C@H]1NCCN[C@@H]1CCCC[C@H]1NC2)OCCOC(=O)NCCSc1cc2nc(c1)CN[C@@H]1CCCC[C@H]1NCCN[C@@H]1CCCC[C@H]1NC2. The van der Waals surface area contributed by atoms with E-state index in [2.05, 4.69) is 77.4 Å². The van der Waals surface area contributed by atoms with Gasteiger partial charge in [-0.05, 0) is 75.6 Å². The minimum absolute atomic E-state index is 0.0209. The minimum atomic E-state index is -0.523. The number of alkyl carbamates (subject to hydrolysis) is 2. The average Bonchev–Trinajstić information content (AvgIpc) is 3.37. The number of amides is 2. The number of pyridine rings is 2. The number of aromatic nitrogens is 2. The van der Waals surface area contributed by atoms with Crippen molar-refractivity contribution in [1.82, 2.24) is 63.1 Å². The number of carbonyl (C=O) groups excluding carboxylic acids is 2. The average molecular weight is 979 g/mol. The van der Waals surface area contributed by atoms with Crippen LogP contribution in [-0.4, -0.2) is 134 Å². The molecule has 68 heavy (non-hydrogen) atoms. The fourth-order valence-corrected chi connectivity index (χ4v) is 13.0. The van der Waals surface area contributed by atoms with Gasteiger partial charge in [0.1, 0.15) is 13.2 Å². The van der Waals surface area contributed by atoms with Crippen molar-refractivity contribution in [2.45, 2.75) is 187 Å². The number of fused-ring (bicyclic) bond motifs is 8. The molecule has 4 fully saturated rings. The predicted octanol–water partition coefficient (Wildman–Crippen LogP) is 4.80. The van der Waals surface area contributed by atoms with Crippen LogP contribution in [0, 0.1) is 0 Å². The quantitative estimate of drug-likeness (QED) is 0.109. The standard InChI is InChI=1S/C50H82N12O4S2/c63-49(55-21-25-67-39-27-35-31-57-45-13-5-1-9-41(45)51-17-18-52-42-10-2-6-14-46(42)58-32-36(28-39)61-35)65-23-24-66-50(64)56-22-26-68-40-29-37-33-59-47-15-7-3-11-43(47)53-19-20-54-44-12-4-8-16-48(44)60-34-38(30-40)62-37/h27-30,41-48,51-54,57-60H,1-26,31-34H2,(H,55,63)(H,56,64)/t41-,42-,43-,44-,45-,46-,47-,48-/m1/s1. The Balaban J connectivity index is 0.734. The van der Waals surface area contributed by atoms with Gasteiger partial charge in [0, 0.05) is 135 Å². The largest absolute Gasteiger partial charge is 0.446 e. The summed E-state index contributed by atoms with van der Waals surface area (Å²) in [5, 5.41) is 36.5. The van der Waals surface area contributed by atoms with Gasteiger partial charge in [0.05, 0.1) is 22.8 Å². The molecule has 0 saturated heterocycles. The highest BCUT2D eigenvalue weighted by molar-refractivity contribution is 7.99. The molecule has 4 aliphatic carbocycles. The molecular formula is C50H82N12O4S2. The third-order valence-corrected chi connectivity index (χ3v) is 16.7. The monoisotopic (exact) mass is 979 g/mol. The first-order chi connectivity index (χ1) is 33.5. The third kappa shape index (κ3) is 16.9. The number of hydrogen-bond donors (Lipinski definition) is 10. The van der Waals surface area contributed by atoms with E-state index in [-0.39, 0.29) is 13.2 Å². The van der Waals surface area contributed by atoms with Crippen molar-refractivity contribution >= 4 is 35.7 Å².